The van der Waals surface area contributed by atoms with Crippen molar-refractivity contribution in [3.8, 4) is 10.6 Å². The molecule has 1 aliphatic carbocycles. The number of aliphatic hydroxyl groups excluding tert-OH is 2. The number of alkyl halides is 1. The van der Waals surface area contributed by atoms with Crippen molar-refractivity contribution >= 4 is 33.3 Å². The van der Waals surface area contributed by atoms with Crippen molar-refractivity contribution in [1.82, 2.24) is 19.9 Å². The van der Waals surface area contributed by atoms with Crippen molar-refractivity contribution in [3.63, 3.8) is 0 Å². The van der Waals surface area contributed by atoms with Crippen molar-refractivity contribution in [3.05, 3.63) is 23.7 Å². The lowest BCUT2D eigenvalue weighted by Gasteiger charge is -2.25. The summed E-state index contributed by atoms with van der Waals surface area (Å²) in [4.78, 5) is 18.5. The average molecular weight is 505 g/mol. The highest BCUT2D eigenvalue weighted by atomic mass is 32.1. The summed E-state index contributed by atoms with van der Waals surface area (Å²) < 4.78 is 21.1. The first-order chi connectivity index (χ1) is 16.6. The number of aryl methyl sites for hydroxylation is 2. The lowest BCUT2D eigenvalue weighted by molar-refractivity contribution is -0.0242. The fourth-order valence-corrected chi connectivity index (χ4v) is 5.63. The van der Waals surface area contributed by atoms with Gasteiger partial charge in [-0.05, 0) is 47.1 Å². The van der Waals surface area contributed by atoms with Gasteiger partial charge in [-0.2, -0.15) is 4.98 Å². The number of hydrogen-bond acceptors (Lipinski definition) is 10. The van der Waals surface area contributed by atoms with Crippen molar-refractivity contribution in [2.45, 2.75) is 65.0 Å². The Balaban J connectivity index is 1.72. The molecule has 4 N–H and O–H groups in total. The van der Waals surface area contributed by atoms with Crippen LogP contribution in [0.15, 0.2) is 12.3 Å². The molecule has 0 spiro atoms. The number of anilines is 2. The summed E-state index contributed by atoms with van der Waals surface area (Å²) in [6.45, 7) is 10.2. The van der Waals surface area contributed by atoms with Gasteiger partial charge >= 0.3 is 0 Å². The van der Waals surface area contributed by atoms with Crippen LogP contribution in [0.1, 0.15) is 38.6 Å². The minimum Gasteiger partial charge on any atom is -0.390 e. The molecule has 190 valence electrons. The topological polar surface area (TPSA) is 125 Å². The van der Waals surface area contributed by atoms with E-state index in [0.717, 1.165) is 15.9 Å². The molecule has 9 nitrogen and oxygen atoms in total. The molecule has 1 fully saturated rings. The Bertz CT molecular complexity index is 1180. The van der Waals surface area contributed by atoms with Crippen molar-refractivity contribution in [1.29, 1.82) is 0 Å². The molecule has 3 heterocycles. The zero-order chi connectivity index (χ0) is 25.3. The fourth-order valence-electron chi connectivity index (χ4n) is 4.52. The zero-order valence-electron chi connectivity index (χ0n) is 20.7. The van der Waals surface area contributed by atoms with Gasteiger partial charge in [-0.3, -0.25) is 4.98 Å². The molecule has 4 atom stereocenters. The van der Waals surface area contributed by atoms with Gasteiger partial charge in [-0.1, -0.05) is 0 Å². The summed E-state index contributed by atoms with van der Waals surface area (Å²) in [5.74, 6) is 0.166. The molecule has 3 aromatic rings. The van der Waals surface area contributed by atoms with Crippen molar-refractivity contribution in [2.75, 3.05) is 30.4 Å². The van der Waals surface area contributed by atoms with Gasteiger partial charge in [0.05, 0.1) is 40.4 Å². The first-order valence-electron chi connectivity index (χ1n) is 11.8. The molecule has 0 amide bonds. The molecule has 0 bridgehead atoms. The van der Waals surface area contributed by atoms with Gasteiger partial charge in [0.1, 0.15) is 28.1 Å². The van der Waals surface area contributed by atoms with Gasteiger partial charge in [0, 0.05) is 25.3 Å². The highest BCUT2D eigenvalue weighted by Crippen LogP contribution is 2.41. The van der Waals surface area contributed by atoms with E-state index in [9.17, 15) is 14.6 Å². The number of halogens is 1. The van der Waals surface area contributed by atoms with Gasteiger partial charge in [0.25, 0.3) is 0 Å². The molecule has 1 aliphatic rings. The van der Waals surface area contributed by atoms with Gasteiger partial charge in [-0.15, -0.1) is 11.3 Å². The Morgan fingerprint density at radius 2 is 1.94 bits per heavy atom. The molecular formula is C24H33FN6O3S. The minimum absolute atomic E-state index is 0.254. The predicted octanol–water partition coefficient (Wildman–Crippen LogP) is 3.48. The molecule has 0 saturated heterocycles. The van der Waals surface area contributed by atoms with E-state index in [4.69, 9.17) is 9.72 Å². The Morgan fingerprint density at radius 3 is 2.60 bits per heavy atom. The second-order valence-electron chi connectivity index (χ2n) is 9.38. The van der Waals surface area contributed by atoms with E-state index < -0.39 is 29.8 Å². The highest BCUT2D eigenvalue weighted by Gasteiger charge is 2.48. The lowest BCUT2D eigenvalue weighted by Crippen LogP contribution is -2.38. The van der Waals surface area contributed by atoms with E-state index in [-0.39, 0.29) is 6.42 Å². The van der Waals surface area contributed by atoms with E-state index in [1.165, 1.54) is 25.2 Å². The number of fused-ring (bicyclic) bond motifs is 1. The average Bonchev–Trinajstić information content (AvgIpc) is 3.34. The number of nitrogens with zero attached hydrogens (tertiary/aromatic N) is 4. The zero-order valence-corrected chi connectivity index (χ0v) is 21.5. The number of rotatable bonds is 9. The van der Waals surface area contributed by atoms with E-state index in [1.54, 1.807) is 6.20 Å². The monoisotopic (exact) mass is 504 g/mol. The van der Waals surface area contributed by atoms with E-state index in [2.05, 4.69) is 25.6 Å². The number of thiazole rings is 1. The summed E-state index contributed by atoms with van der Waals surface area (Å²) >= 11 is 1.50. The predicted molar refractivity (Wildman–Crippen MR) is 136 cm³/mol. The number of pyridine rings is 1. The van der Waals surface area contributed by atoms with Crippen LogP contribution in [0.5, 0.6) is 0 Å². The molecule has 11 heteroatoms. The Labute approximate surface area is 208 Å². The minimum atomic E-state index is -1.63. The number of ether oxygens (including phenoxy) is 1. The number of nitrogens with one attached hydrogen (secondary N) is 2. The first-order valence-corrected chi connectivity index (χ1v) is 12.7. The summed E-state index contributed by atoms with van der Waals surface area (Å²) in [5, 5.41) is 28.4. The summed E-state index contributed by atoms with van der Waals surface area (Å²) in [6.07, 6.45) is -0.319. The second kappa shape index (κ2) is 10.3. The van der Waals surface area contributed by atoms with Crippen LogP contribution in [0.25, 0.3) is 20.8 Å². The normalized spacial score (nSPS) is 22.6. The summed E-state index contributed by atoms with van der Waals surface area (Å²) in [5.41, 5.74) is 1.40. The van der Waals surface area contributed by atoms with Gasteiger partial charge in [-0.25, -0.2) is 14.4 Å². The largest absolute Gasteiger partial charge is 0.390 e. The molecule has 0 unspecified atom stereocenters. The third-order valence-corrected chi connectivity index (χ3v) is 7.45. The highest BCUT2D eigenvalue weighted by molar-refractivity contribution is 7.21. The Kier molecular flexibility index (Phi) is 7.51. The molecule has 3 aromatic heterocycles. The number of aromatic nitrogens is 4. The Morgan fingerprint density at radius 1 is 1.17 bits per heavy atom. The maximum Gasteiger partial charge on any atom is 0.224 e. The quantitative estimate of drug-likeness (QED) is 0.324. The molecule has 4 rings (SSSR count). The fraction of sp³-hybridized carbons (Fsp3) is 0.583. The van der Waals surface area contributed by atoms with Gasteiger partial charge < -0.3 is 25.6 Å². The SMILES string of the molecule is CCOCCNc1nc(C)c(-c2nc3c(C)nccc3s2)c(N[C@@H]2C[C@H](C(C)(C)F)[C@@H](O)[C@H]2O)n1. The number of aliphatic hydroxyl groups is 2. The van der Waals surface area contributed by atoms with E-state index >= 15 is 0 Å². The van der Waals surface area contributed by atoms with E-state index in [1.807, 2.05) is 26.8 Å². The Hall–Kier alpha value is -2.47. The lowest BCUT2D eigenvalue weighted by atomic mass is 9.89. The maximum absolute atomic E-state index is 14.7. The first kappa shape index (κ1) is 25.6. The molecule has 0 aromatic carbocycles. The molecule has 1 saturated carbocycles. The van der Waals surface area contributed by atoms with Crippen LogP contribution in [-0.2, 0) is 4.74 Å². The van der Waals surface area contributed by atoms with E-state index in [0.29, 0.717) is 47.8 Å². The van der Waals surface area contributed by atoms with Gasteiger partial charge in [0.2, 0.25) is 5.95 Å². The summed E-state index contributed by atoms with van der Waals surface area (Å²) in [7, 11) is 0. The van der Waals surface area contributed by atoms with Crippen molar-refractivity contribution in [2.24, 2.45) is 5.92 Å². The van der Waals surface area contributed by atoms with Crippen molar-refractivity contribution < 1.29 is 19.3 Å². The second-order valence-corrected chi connectivity index (χ2v) is 10.4. The smallest absolute Gasteiger partial charge is 0.224 e. The van der Waals surface area contributed by atoms with Gasteiger partial charge in [0.15, 0.2) is 0 Å². The summed E-state index contributed by atoms with van der Waals surface area (Å²) in [6, 6.07) is 1.33. The third-order valence-electron chi connectivity index (χ3n) is 6.41. The van der Waals surface area contributed by atoms with Crippen LogP contribution < -0.4 is 10.6 Å². The van der Waals surface area contributed by atoms with Crippen LogP contribution in [0.4, 0.5) is 16.2 Å². The standard InChI is InChI=1S/C24H33FN6O3S/c1-6-34-10-9-27-23-28-12(2)17(22-30-18-13(3)26-8-7-16(18)35-22)21(31-23)29-15-11-14(24(4,5)25)19(32)20(15)33/h7-8,14-15,19-20,32-33H,6,9-11H2,1-5H3,(H2,27,28,29,31)/t14-,15+,19+,20-/m0/s1. The molecule has 0 aliphatic heterocycles. The number of hydrogen-bond donors (Lipinski definition) is 4. The molecular weight excluding hydrogens is 471 g/mol. The van der Waals surface area contributed by atoms with Crippen LogP contribution >= 0.6 is 11.3 Å². The molecule has 0 radical (unpaired) electrons. The van der Waals surface area contributed by atoms with Crippen LogP contribution in [0, 0.1) is 19.8 Å². The van der Waals surface area contributed by atoms with Crippen LogP contribution in [-0.4, -0.2) is 73.8 Å². The van der Waals surface area contributed by atoms with Crippen LogP contribution in [0.2, 0.25) is 0 Å². The third kappa shape index (κ3) is 5.37. The van der Waals surface area contributed by atoms with Crippen LogP contribution in [0.3, 0.4) is 0 Å². The molecule has 35 heavy (non-hydrogen) atoms. The maximum atomic E-state index is 14.7.